The van der Waals surface area contributed by atoms with E-state index in [0.29, 0.717) is 25.5 Å². The normalized spacial score (nSPS) is 15.5. The molecule has 0 spiro atoms. The van der Waals surface area contributed by atoms with Crippen molar-refractivity contribution in [1.29, 1.82) is 0 Å². The van der Waals surface area contributed by atoms with Crippen LogP contribution < -0.4 is 4.90 Å². The molecule has 158 valence electrons. The van der Waals surface area contributed by atoms with Crippen molar-refractivity contribution >= 4 is 5.82 Å². The Kier molecular flexibility index (Phi) is 5.53. The molecule has 0 aromatic carbocycles. The van der Waals surface area contributed by atoms with Crippen LogP contribution in [0.15, 0.2) is 41.8 Å². The SMILES string of the molecule is O=NCc1ccc(-c2[nH]ncc2CN2CCN(c3ccc(C(F)(F)F)cn3)CC2)[nH]1. The molecule has 0 bridgehead atoms. The third kappa shape index (κ3) is 4.35. The third-order valence-electron chi connectivity index (χ3n) is 5.13. The van der Waals surface area contributed by atoms with Crippen molar-refractivity contribution in [3.63, 3.8) is 0 Å². The standard InChI is InChI=1S/C19H20F3N7O/c20-19(21,22)14-1-4-17(23-10-14)29-7-5-28(6-8-29)12-13-9-24-27-18(13)16-3-2-15(26-16)11-25-30/h1-4,9-10,26H,5-8,11-12H2,(H,24,27). The molecule has 30 heavy (non-hydrogen) atoms. The van der Waals surface area contributed by atoms with E-state index in [0.717, 1.165) is 48.0 Å². The highest BCUT2D eigenvalue weighted by molar-refractivity contribution is 5.59. The lowest BCUT2D eigenvalue weighted by molar-refractivity contribution is -0.137. The Balaban J connectivity index is 1.36. The molecular formula is C19H20F3N7O. The number of piperazine rings is 1. The monoisotopic (exact) mass is 419 g/mol. The summed E-state index contributed by atoms with van der Waals surface area (Å²) in [6.45, 7) is 3.60. The molecule has 11 heteroatoms. The average Bonchev–Trinajstić information content (AvgIpc) is 3.38. The van der Waals surface area contributed by atoms with Crippen molar-refractivity contribution in [3.05, 3.63) is 58.4 Å². The maximum atomic E-state index is 12.7. The smallest absolute Gasteiger partial charge is 0.355 e. The molecule has 2 N–H and O–H groups in total. The van der Waals surface area contributed by atoms with E-state index in [4.69, 9.17) is 0 Å². The minimum atomic E-state index is -4.38. The molecule has 1 fully saturated rings. The first-order valence-electron chi connectivity index (χ1n) is 9.44. The molecule has 8 nitrogen and oxygen atoms in total. The second kappa shape index (κ2) is 8.27. The largest absolute Gasteiger partial charge is 0.417 e. The predicted molar refractivity (Wildman–Crippen MR) is 105 cm³/mol. The van der Waals surface area contributed by atoms with Gasteiger partial charge in [-0.25, -0.2) is 4.98 Å². The topological polar surface area (TPSA) is 93.3 Å². The van der Waals surface area contributed by atoms with Crippen LogP contribution in [0.1, 0.15) is 16.8 Å². The molecule has 0 radical (unpaired) electrons. The fourth-order valence-electron chi connectivity index (χ4n) is 3.53. The molecule has 0 aliphatic carbocycles. The number of H-pyrrole nitrogens is 2. The van der Waals surface area contributed by atoms with Crippen molar-refractivity contribution < 1.29 is 13.2 Å². The Bertz CT molecular complexity index is 988. The van der Waals surface area contributed by atoms with Gasteiger partial charge in [-0.2, -0.15) is 23.2 Å². The van der Waals surface area contributed by atoms with E-state index in [1.165, 1.54) is 6.07 Å². The van der Waals surface area contributed by atoms with E-state index in [2.05, 4.69) is 30.2 Å². The lowest BCUT2D eigenvalue weighted by Gasteiger charge is -2.35. The van der Waals surface area contributed by atoms with Gasteiger partial charge in [0, 0.05) is 50.2 Å². The number of anilines is 1. The third-order valence-corrected chi connectivity index (χ3v) is 5.13. The maximum Gasteiger partial charge on any atom is 0.417 e. The van der Waals surface area contributed by atoms with Gasteiger partial charge in [0.15, 0.2) is 0 Å². The minimum Gasteiger partial charge on any atom is -0.355 e. The van der Waals surface area contributed by atoms with E-state index in [1.807, 2.05) is 17.0 Å². The second-order valence-corrected chi connectivity index (χ2v) is 7.12. The lowest BCUT2D eigenvalue weighted by atomic mass is 10.1. The molecule has 4 rings (SSSR count). The summed E-state index contributed by atoms with van der Waals surface area (Å²) in [5, 5.41) is 10.0. The summed E-state index contributed by atoms with van der Waals surface area (Å²) < 4.78 is 38.1. The Morgan fingerprint density at radius 2 is 1.87 bits per heavy atom. The number of nitroso groups, excluding NO2 is 1. The number of hydrogen-bond donors (Lipinski definition) is 2. The van der Waals surface area contributed by atoms with Gasteiger partial charge in [0.05, 0.1) is 23.1 Å². The zero-order chi connectivity index (χ0) is 21.1. The molecule has 0 unspecified atom stereocenters. The van der Waals surface area contributed by atoms with E-state index >= 15 is 0 Å². The van der Waals surface area contributed by atoms with Gasteiger partial charge < -0.3 is 9.88 Å². The molecule has 4 heterocycles. The molecular weight excluding hydrogens is 399 g/mol. The highest BCUT2D eigenvalue weighted by Crippen LogP contribution is 2.29. The van der Waals surface area contributed by atoms with Crippen LogP contribution in [0, 0.1) is 4.91 Å². The number of nitrogens with one attached hydrogen (secondary N) is 2. The Labute approximate surface area is 170 Å². The number of rotatable bonds is 6. The van der Waals surface area contributed by atoms with Gasteiger partial charge in [-0.3, -0.25) is 10.00 Å². The summed E-state index contributed by atoms with van der Waals surface area (Å²) in [5.41, 5.74) is 2.71. The molecule has 0 saturated carbocycles. The van der Waals surface area contributed by atoms with Gasteiger partial charge in [0.1, 0.15) is 12.4 Å². The Morgan fingerprint density at radius 3 is 2.53 bits per heavy atom. The minimum absolute atomic E-state index is 0.0867. The molecule has 0 atom stereocenters. The van der Waals surface area contributed by atoms with Crippen LogP contribution in [0.25, 0.3) is 11.4 Å². The van der Waals surface area contributed by atoms with Gasteiger partial charge in [0.2, 0.25) is 0 Å². The molecule has 1 saturated heterocycles. The molecule has 0 amide bonds. The van der Waals surface area contributed by atoms with Crippen molar-refractivity contribution in [1.82, 2.24) is 25.1 Å². The average molecular weight is 419 g/mol. The highest BCUT2D eigenvalue weighted by Gasteiger charge is 2.31. The number of nitrogens with zero attached hydrogens (tertiary/aromatic N) is 5. The van der Waals surface area contributed by atoms with Crippen LogP contribution in [0.4, 0.5) is 19.0 Å². The zero-order valence-electron chi connectivity index (χ0n) is 16.0. The first kappa shape index (κ1) is 20.1. The van der Waals surface area contributed by atoms with E-state index in [9.17, 15) is 18.1 Å². The van der Waals surface area contributed by atoms with Crippen molar-refractivity contribution in [2.75, 3.05) is 31.1 Å². The van der Waals surface area contributed by atoms with Crippen LogP contribution in [0.2, 0.25) is 0 Å². The van der Waals surface area contributed by atoms with Crippen LogP contribution in [-0.4, -0.2) is 51.2 Å². The number of alkyl halides is 3. The van der Waals surface area contributed by atoms with Crippen LogP contribution in [0.3, 0.4) is 0 Å². The number of aromatic amines is 2. The highest BCUT2D eigenvalue weighted by atomic mass is 19.4. The summed E-state index contributed by atoms with van der Waals surface area (Å²) in [6.07, 6.45) is -1.72. The van der Waals surface area contributed by atoms with E-state index < -0.39 is 11.7 Å². The number of hydrogen-bond acceptors (Lipinski definition) is 6. The summed E-state index contributed by atoms with van der Waals surface area (Å²) >= 11 is 0. The number of aromatic nitrogens is 4. The van der Waals surface area contributed by atoms with Gasteiger partial charge in [-0.05, 0) is 24.3 Å². The Hall–Kier alpha value is -3.21. The number of pyridine rings is 1. The van der Waals surface area contributed by atoms with Gasteiger partial charge in [0.25, 0.3) is 0 Å². The summed E-state index contributed by atoms with van der Waals surface area (Å²) in [4.78, 5) is 21.8. The molecule has 3 aromatic heterocycles. The fourth-order valence-corrected chi connectivity index (χ4v) is 3.53. The summed E-state index contributed by atoms with van der Waals surface area (Å²) in [7, 11) is 0. The first-order chi connectivity index (χ1) is 14.4. The lowest BCUT2D eigenvalue weighted by Crippen LogP contribution is -2.46. The van der Waals surface area contributed by atoms with E-state index in [-0.39, 0.29) is 6.54 Å². The molecule has 3 aromatic rings. The quantitative estimate of drug-likeness (QED) is 0.598. The Morgan fingerprint density at radius 1 is 1.07 bits per heavy atom. The fraction of sp³-hybridized carbons (Fsp3) is 0.368. The first-order valence-corrected chi connectivity index (χ1v) is 9.44. The molecule has 1 aliphatic rings. The van der Waals surface area contributed by atoms with E-state index in [1.54, 1.807) is 6.20 Å². The zero-order valence-corrected chi connectivity index (χ0v) is 16.0. The number of halogens is 3. The van der Waals surface area contributed by atoms with Gasteiger partial charge >= 0.3 is 6.18 Å². The van der Waals surface area contributed by atoms with Crippen molar-refractivity contribution in [2.24, 2.45) is 5.18 Å². The predicted octanol–water partition coefficient (Wildman–Crippen LogP) is 3.41. The van der Waals surface area contributed by atoms with Crippen molar-refractivity contribution in [3.8, 4) is 11.4 Å². The maximum absolute atomic E-state index is 12.7. The van der Waals surface area contributed by atoms with Crippen LogP contribution in [0.5, 0.6) is 0 Å². The van der Waals surface area contributed by atoms with Gasteiger partial charge in [-0.15, -0.1) is 0 Å². The van der Waals surface area contributed by atoms with Crippen LogP contribution >= 0.6 is 0 Å². The van der Waals surface area contributed by atoms with Crippen LogP contribution in [-0.2, 0) is 19.3 Å². The summed E-state index contributed by atoms with van der Waals surface area (Å²) in [5.74, 6) is 0.550. The van der Waals surface area contributed by atoms with Crippen molar-refractivity contribution in [2.45, 2.75) is 19.3 Å². The second-order valence-electron chi connectivity index (χ2n) is 7.12. The van der Waals surface area contributed by atoms with Gasteiger partial charge in [-0.1, -0.05) is 5.18 Å². The summed E-state index contributed by atoms with van der Waals surface area (Å²) in [6, 6.07) is 6.18. The molecule has 1 aliphatic heterocycles.